The van der Waals surface area contributed by atoms with E-state index in [2.05, 4.69) is 0 Å². The van der Waals surface area contributed by atoms with Crippen molar-refractivity contribution in [3.63, 3.8) is 0 Å². The minimum atomic E-state index is -4.78. The van der Waals surface area contributed by atoms with Crippen LogP contribution < -0.4 is 0 Å². The van der Waals surface area contributed by atoms with Crippen LogP contribution in [0.3, 0.4) is 0 Å². The number of nitrogens with zero attached hydrogens (tertiary/aromatic N) is 3. The highest BCUT2D eigenvalue weighted by molar-refractivity contribution is 8.04. The Morgan fingerprint density at radius 3 is 1.68 bits per heavy atom. The molecule has 0 atom stereocenters. The number of nitro benzene ring substituents is 2. The van der Waals surface area contributed by atoms with Gasteiger partial charge in [0.05, 0.1) is 26.2 Å². The number of benzene rings is 4. The molecule has 0 unspecified atom stereocenters. The van der Waals surface area contributed by atoms with Crippen molar-refractivity contribution in [3.05, 3.63) is 128 Å². The van der Waals surface area contributed by atoms with Crippen molar-refractivity contribution < 1.29 is 26.7 Å². The molecule has 0 radical (unpaired) electrons. The molecule has 5 rings (SSSR count). The molecule has 0 aliphatic heterocycles. The average molecular weight is 594 g/mol. The van der Waals surface area contributed by atoms with Crippen LogP contribution in [-0.4, -0.2) is 30.4 Å². The van der Waals surface area contributed by atoms with Gasteiger partial charge in [-0.1, -0.05) is 46.2 Å². The van der Waals surface area contributed by atoms with E-state index in [1.165, 1.54) is 0 Å². The first-order valence-corrected chi connectivity index (χ1v) is 15.3. The SMILES string of the molecule is O=[N+]([O-])c1ccc(S(=O)(=O)N(Cc2cccc3c2CCCc2ccccc2-3)S(=O)(=O)c2ccc([N+](=O)[O-])cc2)cc1. The topological polar surface area (TPSA) is 158 Å². The molecule has 0 spiro atoms. The number of hydrogen-bond donors (Lipinski definition) is 0. The highest BCUT2D eigenvalue weighted by Crippen LogP contribution is 2.36. The molecule has 0 bridgehead atoms. The second-order valence-electron chi connectivity index (χ2n) is 9.40. The van der Waals surface area contributed by atoms with Gasteiger partial charge >= 0.3 is 0 Å². The summed E-state index contributed by atoms with van der Waals surface area (Å²) in [5.41, 5.74) is 3.59. The van der Waals surface area contributed by atoms with Gasteiger partial charge in [0.1, 0.15) is 0 Å². The van der Waals surface area contributed by atoms with Crippen LogP contribution in [0, 0.1) is 20.2 Å². The average Bonchev–Trinajstić information content (AvgIpc) is 3.15. The Balaban J connectivity index is 1.65. The molecule has 0 fully saturated rings. The molecular weight excluding hydrogens is 570 g/mol. The lowest BCUT2D eigenvalue weighted by Gasteiger charge is -2.24. The number of aryl methyl sites for hydroxylation is 1. The van der Waals surface area contributed by atoms with Crippen molar-refractivity contribution in [3.8, 4) is 11.1 Å². The summed E-state index contributed by atoms with van der Waals surface area (Å²) in [5, 5.41) is 22.2. The molecule has 0 aromatic heterocycles. The molecule has 1 aliphatic carbocycles. The minimum absolute atomic E-state index is 0.356. The Morgan fingerprint density at radius 1 is 0.634 bits per heavy atom. The maximum atomic E-state index is 13.9. The van der Waals surface area contributed by atoms with Gasteiger partial charge in [0, 0.05) is 24.3 Å². The Labute approximate surface area is 236 Å². The summed E-state index contributed by atoms with van der Waals surface area (Å²) >= 11 is 0. The summed E-state index contributed by atoms with van der Waals surface area (Å²) in [7, 11) is -9.56. The zero-order valence-electron chi connectivity index (χ0n) is 21.4. The fraction of sp³-hybridized carbons (Fsp3) is 0.143. The van der Waals surface area contributed by atoms with E-state index < -0.39 is 46.2 Å². The van der Waals surface area contributed by atoms with E-state index in [0.717, 1.165) is 83.6 Å². The molecule has 4 aromatic rings. The molecule has 210 valence electrons. The van der Waals surface area contributed by atoms with E-state index in [4.69, 9.17) is 0 Å². The van der Waals surface area contributed by atoms with Crippen molar-refractivity contribution in [2.75, 3.05) is 0 Å². The van der Waals surface area contributed by atoms with Crippen molar-refractivity contribution in [2.24, 2.45) is 0 Å². The number of rotatable bonds is 8. The molecule has 4 aromatic carbocycles. The van der Waals surface area contributed by atoms with Crippen LogP contribution >= 0.6 is 0 Å². The molecule has 0 saturated heterocycles. The molecule has 0 amide bonds. The summed E-state index contributed by atoms with van der Waals surface area (Å²) in [4.78, 5) is 19.9. The van der Waals surface area contributed by atoms with Crippen LogP contribution in [0.25, 0.3) is 11.1 Å². The van der Waals surface area contributed by atoms with E-state index in [0.29, 0.717) is 15.7 Å². The molecule has 11 nitrogen and oxygen atoms in total. The smallest absolute Gasteiger partial charge is 0.258 e. The first kappa shape index (κ1) is 28.1. The van der Waals surface area contributed by atoms with E-state index in [1.54, 1.807) is 12.1 Å². The van der Waals surface area contributed by atoms with Gasteiger partial charge in [-0.05, 0) is 71.3 Å². The second kappa shape index (κ2) is 10.8. The Bertz CT molecular complexity index is 1790. The summed E-state index contributed by atoms with van der Waals surface area (Å²) in [6.07, 6.45) is 2.16. The Kier molecular flexibility index (Phi) is 7.43. The lowest BCUT2D eigenvalue weighted by atomic mass is 9.93. The highest BCUT2D eigenvalue weighted by Gasteiger charge is 2.38. The van der Waals surface area contributed by atoms with Gasteiger partial charge in [0.15, 0.2) is 0 Å². The van der Waals surface area contributed by atoms with Crippen LogP contribution in [0.1, 0.15) is 23.1 Å². The van der Waals surface area contributed by atoms with Gasteiger partial charge in [-0.2, -0.15) is 0 Å². The van der Waals surface area contributed by atoms with Crippen LogP contribution in [0.2, 0.25) is 0 Å². The maximum Gasteiger partial charge on any atom is 0.269 e. The van der Waals surface area contributed by atoms with E-state index >= 15 is 0 Å². The Morgan fingerprint density at radius 2 is 1.15 bits per heavy atom. The van der Waals surface area contributed by atoms with Crippen molar-refractivity contribution in [1.82, 2.24) is 3.71 Å². The summed E-state index contributed by atoms with van der Waals surface area (Å²) in [6, 6.07) is 21.0. The predicted molar refractivity (Wildman–Crippen MR) is 150 cm³/mol. The normalized spacial score (nSPS) is 13.2. The number of hydrogen-bond acceptors (Lipinski definition) is 8. The van der Waals surface area contributed by atoms with Crippen molar-refractivity contribution in [1.29, 1.82) is 0 Å². The highest BCUT2D eigenvalue weighted by atomic mass is 32.3. The second-order valence-corrected chi connectivity index (χ2v) is 13.4. The third-order valence-corrected chi connectivity index (χ3v) is 11.2. The van der Waals surface area contributed by atoms with Gasteiger partial charge in [0.2, 0.25) is 0 Å². The fourth-order valence-corrected chi connectivity index (χ4v) is 8.54. The maximum absolute atomic E-state index is 13.9. The Hall–Kier alpha value is -4.46. The molecular formula is C28H23N3O8S2. The quantitative estimate of drug-likeness (QED) is 0.198. The number of fused-ring (bicyclic) bond motifs is 3. The summed E-state index contributed by atoms with van der Waals surface area (Å²) in [5.74, 6) is 0. The van der Waals surface area contributed by atoms with Crippen molar-refractivity contribution >= 4 is 31.4 Å². The zero-order valence-corrected chi connectivity index (χ0v) is 23.0. The first-order valence-electron chi connectivity index (χ1n) is 12.5. The zero-order chi connectivity index (χ0) is 29.4. The standard InChI is InChI=1S/C28H23N3O8S2/c32-30(33)22-11-15-24(16-12-22)40(36,37)29(41(38,39)25-17-13-23(14-18-25)31(34)35)19-21-7-4-10-28-26-8-2-1-5-20(26)6-3-9-27(21)28/h1-2,4-5,7-8,10-18H,3,6,9,19H2. The van der Waals surface area contributed by atoms with Crippen LogP contribution in [0.15, 0.2) is 101 Å². The molecule has 41 heavy (non-hydrogen) atoms. The number of non-ortho nitro benzene ring substituents is 2. The lowest BCUT2D eigenvalue weighted by molar-refractivity contribution is -0.385. The van der Waals surface area contributed by atoms with E-state index in [1.807, 2.05) is 30.3 Å². The first-order chi connectivity index (χ1) is 19.5. The van der Waals surface area contributed by atoms with Gasteiger partial charge in [-0.3, -0.25) is 20.2 Å². The number of sulfonamides is 2. The van der Waals surface area contributed by atoms with E-state index in [-0.39, 0.29) is 11.4 Å². The minimum Gasteiger partial charge on any atom is -0.258 e. The predicted octanol–water partition coefficient (Wildman–Crippen LogP) is 5.24. The van der Waals surface area contributed by atoms with Gasteiger partial charge in [-0.15, -0.1) is 0 Å². The summed E-state index contributed by atoms with van der Waals surface area (Å²) < 4.78 is 56.0. The van der Waals surface area contributed by atoms with Crippen molar-refractivity contribution in [2.45, 2.75) is 35.6 Å². The van der Waals surface area contributed by atoms with Crippen LogP contribution in [0.4, 0.5) is 11.4 Å². The third-order valence-electron chi connectivity index (χ3n) is 6.98. The molecule has 0 N–H and O–H groups in total. The molecule has 0 saturated carbocycles. The van der Waals surface area contributed by atoms with Gasteiger partial charge in [0.25, 0.3) is 31.4 Å². The summed E-state index contributed by atoms with van der Waals surface area (Å²) in [6.45, 7) is -0.552. The molecule has 0 heterocycles. The fourth-order valence-electron chi connectivity index (χ4n) is 4.94. The van der Waals surface area contributed by atoms with Crippen LogP contribution in [0.5, 0.6) is 0 Å². The van der Waals surface area contributed by atoms with Gasteiger partial charge < -0.3 is 0 Å². The lowest BCUT2D eigenvalue weighted by Crippen LogP contribution is -2.36. The van der Waals surface area contributed by atoms with Gasteiger partial charge in [-0.25, -0.2) is 16.8 Å². The van der Waals surface area contributed by atoms with Crippen LogP contribution in [-0.2, 0) is 39.4 Å². The molecule has 1 aliphatic rings. The van der Waals surface area contributed by atoms with E-state index in [9.17, 15) is 37.1 Å². The number of nitro groups is 2. The molecule has 13 heteroatoms. The largest absolute Gasteiger partial charge is 0.269 e. The third kappa shape index (κ3) is 5.34. The monoisotopic (exact) mass is 593 g/mol.